The van der Waals surface area contributed by atoms with E-state index in [1.165, 1.54) is 7.05 Å². The van der Waals surface area contributed by atoms with Gasteiger partial charge in [-0.1, -0.05) is 0 Å². The first-order valence-electron chi connectivity index (χ1n) is 5.75. The summed E-state index contributed by atoms with van der Waals surface area (Å²) in [5, 5.41) is 7.29. The summed E-state index contributed by atoms with van der Waals surface area (Å²) in [5.74, 6) is -0.0510. The Balaban J connectivity index is 3.00. The van der Waals surface area contributed by atoms with Gasteiger partial charge in [0.25, 0.3) is 0 Å². The molecule has 0 amide bonds. The smallest absolute Gasteiger partial charge is 0.301 e. The highest BCUT2D eigenvalue weighted by atomic mass is 32.2. The van der Waals surface area contributed by atoms with Crippen molar-refractivity contribution in [1.82, 2.24) is 4.72 Å². The maximum Gasteiger partial charge on any atom is 0.301 e. The Morgan fingerprint density at radius 1 is 1.26 bits per heavy atom. The highest BCUT2D eigenvalue weighted by Crippen LogP contribution is 2.17. The first-order chi connectivity index (χ1) is 8.53. The Morgan fingerprint density at radius 2 is 1.74 bits per heavy atom. The van der Waals surface area contributed by atoms with E-state index in [4.69, 9.17) is 11.1 Å². The van der Waals surface area contributed by atoms with Crippen LogP contribution in [0.4, 0.5) is 5.69 Å². The summed E-state index contributed by atoms with van der Waals surface area (Å²) in [4.78, 5) is 0. The van der Waals surface area contributed by atoms with E-state index in [-0.39, 0.29) is 5.84 Å². The lowest BCUT2D eigenvalue weighted by Crippen LogP contribution is -2.47. The number of anilines is 1. The van der Waals surface area contributed by atoms with Gasteiger partial charge in [-0.15, -0.1) is 0 Å². The molecule has 0 aliphatic carbocycles. The molecule has 0 fully saturated rings. The molecule has 6 nitrogen and oxygen atoms in total. The molecule has 0 aromatic heterocycles. The Bertz CT molecular complexity index is 558. The van der Waals surface area contributed by atoms with Gasteiger partial charge in [0.15, 0.2) is 0 Å². The minimum Gasteiger partial charge on any atom is -0.384 e. The third-order valence-electron chi connectivity index (χ3n) is 2.34. The van der Waals surface area contributed by atoms with Crippen molar-refractivity contribution in [2.45, 2.75) is 26.3 Å². The molecule has 1 aromatic rings. The summed E-state index contributed by atoms with van der Waals surface area (Å²) in [5.41, 5.74) is 5.85. The minimum atomic E-state index is -3.61. The van der Waals surface area contributed by atoms with Crippen molar-refractivity contribution >= 4 is 21.7 Å². The highest BCUT2D eigenvalue weighted by molar-refractivity contribution is 7.90. The predicted molar refractivity (Wildman–Crippen MR) is 77.7 cm³/mol. The van der Waals surface area contributed by atoms with Gasteiger partial charge in [-0.25, -0.2) is 0 Å². The highest BCUT2D eigenvalue weighted by Gasteiger charge is 2.24. The second-order valence-corrected chi connectivity index (χ2v) is 6.99. The lowest BCUT2D eigenvalue weighted by molar-refractivity contribution is 0.490. The number of nitrogens with two attached hydrogens (primary N) is 1. The van der Waals surface area contributed by atoms with E-state index in [0.717, 1.165) is 4.31 Å². The third kappa shape index (κ3) is 4.22. The van der Waals surface area contributed by atoms with E-state index >= 15 is 0 Å². The normalized spacial score (nSPS) is 12.2. The summed E-state index contributed by atoms with van der Waals surface area (Å²) < 4.78 is 27.9. The van der Waals surface area contributed by atoms with E-state index in [1.807, 2.05) is 0 Å². The molecule has 0 atom stereocenters. The molecule has 0 bridgehead atoms. The van der Waals surface area contributed by atoms with Gasteiger partial charge in [0.05, 0.1) is 5.69 Å². The quantitative estimate of drug-likeness (QED) is 0.569. The van der Waals surface area contributed by atoms with Gasteiger partial charge in [-0.05, 0) is 45.0 Å². The summed E-state index contributed by atoms with van der Waals surface area (Å²) >= 11 is 0. The fourth-order valence-electron chi connectivity index (χ4n) is 1.45. The van der Waals surface area contributed by atoms with Crippen LogP contribution in [-0.4, -0.2) is 26.8 Å². The number of nitrogens with zero attached hydrogens (tertiary/aromatic N) is 1. The Kier molecular flexibility index (Phi) is 4.21. The topological polar surface area (TPSA) is 99.3 Å². The van der Waals surface area contributed by atoms with Gasteiger partial charge in [0.2, 0.25) is 0 Å². The molecule has 1 rings (SSSR count). The van der Waals surface area contributed by atoms with E-state index in [0.29, 0.717) is 11.3 Å². The zero-order valence-electron chi connectivity index (χ0n) is 11.6. The van der Waals surface area contributed by atoms with Crippen LogP contribution in [0.2, 0.25) is 0 Å². The number of benzene rings is 1. The molecule has 0 radical (unpaired) electrons. The minimum absolute atomic E-state index is 0.0510. The zero-order valence-corrected chi connectivity index (χ0v) is 12.4. The summed E-state index contributed by atoms with van der Waals surface area (Å²) in [6.45, 7) is 5.33. The summed E-state index contributed by atoms with van der Waals surface area (Å²) in [6.07, 6.45) is 0. The van der Waals surface area contributed by atoms with Gasteiger partial charge in [0, 0.05) is 18.2 Å². The van der Waals surface area contributed by atoms with E-state index < -0.39 is 15.7 Å². The van der Waals surface area contributed by atoms with Crippen LogP contribution in [0, 0.1) is 5.41 Å². The van der Waals surface area contributed by atoms with Gasteiger partial charge in [0.1, 0.15) is 5.84 Å². The SMILES string of the molecule is CN(c1ccc(C(=N)N)cc1)S(=O)(=O)NC(C)(C)C. The zero-order chi connectivity index (χ0) is 14.8. The van der Waals surface area contributed by atoms with Crippen LogP contribution < -0.4 is 14.8 Å². The number of amidine groups is 1. The monoisotopic (exact) mass is 284 g/mol. The van der Waals surface area contributed by atoms with Crippen LogP contribution in [0.15, 0.2) is 24.3 Å². The van der Waals surface area contributed by atoms with Gasteiger partial charge in [-0.3, -0.25) is 9.71 Å². The standard InChI is InChI=1S/C12H20N4O2S/c1-12(2,3)15-19(17,18)16(4)10-7-5-9(6-8-10)11(13)14/h5-8,15H,1-4H3,(H3,13,14). The Labute approximate surface area is 114 Å². The average molecular weight is 284 g/mol. The molecule has 1 aromatic carbocycles. The average Bonchev–Trinajstić information content (AvgIpc) is 2.25. The second kappa shape index (κ2) is 5.18. The summed E-state index contributed by atoms with van der Waals surface area (Å²) in [6, 6.07) is 6.44. The fraction of sp³-hybridized carbons (Fsp3) is 0.417. The van der Waals surface area contributed by atoms with E-state index in [1.54, 1.807) is 45.0 Å². The molecular weight excluding hydrogens is 264 g/mol. The Morgan fingerprint density at radius 3 is 2.11 bits per heavy atom. The van der Waals surface area contributed by atoms with Gasteiger partial charge >= 0.3 is 10.2 Å². The fourth-order valence-corrected chi connectivity index (χ4v) is 2.76. The van der Waals surface area contributed by atoms with Crippen molar-refractivity contribution in [3.8, 4) is 0 Å². The molecule has 19 heavy (non-hydrogen) atoms. The van der Waals surface area contributed by atoms with Crippen molar-refractivity contribution in [2.24, 2.45) is 5.73 Å². The third-order valence-corrected chi connectivity index (χ3v) is 4.14. The van der Waals surface area contributed by atoms with Crippen molar-refractivity contribution < 1.29 is 8.42 Å². The molecule has 0 saturated heterocycles. The van der Waals surface area contributed by atoms with Crippen LogP contribution in [0.25, 0.3) is 0 Å². The molecule has 0 aliphatic rings. The van der Waals surface area contributed by atoms with Crippen molar-refractivity contribution in [3.63, 3.8) is 0 Å². The van der Waals surface area contributed by atoms with Crippen LogP contribution in [0.5, 0.6) is 0 Å². The molecule has 4 N–H and O–H groups in total. The van der Waals surface area contributed by atoms with Crippen LogP contribution in [0.1, 0.15) is 26.3 Å². The second-order valence-electron chi connectivity index (χ2n) is 5.29. The first kappa shape index (κ1) is 15.5. The van der Waals surface area contributed by atoms with E-state index in [9.17, 15) is 8.42 Å². The number of hydrogen-bond acceptors (Lipinski definition) is 3. The van der Waals surface area contributed by atoms with E-state index in [2.05, 4.69) is 4.72 Å². The number of hydrogen-bond donors (Lipinski definition) is 3. The van der Waals surface area contributed by atoms with Crippen LogP contribution >= 0.6 is 0 Å². The maximum absolute atomic E-state index is 12.1. The molecule has 0 unspecified atom stereocenters. The van der Waals surface area contributed by atoms with Gasteiger partial charge < -0.3 is 5.73 Å². The molecule has 0 aliphatic heterocycles. The van der Waals surface area contributed by atoms with Gasteiger partial charge in [-0.2, -0.15) is 13.1 Å². The number of rotatable bonds is 4. The summed E-state index contributed by atoms with van der Waals surface area (Å²) in [7, 11) is -2.14. The number of nitrogens with one attached hydrogen (secondary N) is 2. The molecule has 7 heteroatoms. The molecule has 0 saturated carbocycles. The van der Waals surface area contributed by atoms with Crippen molar-refractivity contribution in [1.29, 1.82) is 5.41 Å². The molecule has 0 heterocycles. The first-order valence-corrected chi connectivity index (χ1v) is 7.19. The molecule has 0 spiro atoms. The molecular formula is C12H20N4O2S. The predicted octanol–water partition coefficient (Wildman–Crippen LogP) is 1.04. The number of nitrogen functional groups attached to an aromatic ring is 1. The Hall–Kier alpha value is -1.60. The molecule has 106 valence electrons. The largest absolute Gasteiger partial charge is 0.384 e. The lowest BCUT2D eigenvalue weighted by Gasteiger charge is -2.26. The van der Waals surface area contributed by atoms with Crippen molar-refractivity contribution in [3.05, 3.63) is 29.8 Å². The maximum atomic E-state index is 12.1. The van der Waals surface area contributed by atoms with Crippen LogP contribution in [0.3, 0.4) is 0 Å². The lowest BCUT2D eigenvalue weighted by atomic mass is 10.1. The van der Waals surface area contributed by atoms with Crippen molar-refractivity contribution in [2.75, 3.05) is 11.4 Å². The van der Waals surface area contributed by atoms with Crippen LogP contribution in [-0.2, 0) is 10.2 Å².